The third kappa shape index (κ3) is 4.92. The molecule has 26 heavy (non-hydrogen) atoms. The Hall–Kier alpha value is -3.15. The van der Waals surface area contributed by atoms with Crippen LogP contribution in [-0.2, 0) is 11.3 Å². The molecule has 0 saturated heterocycles. The van der Waals surface area contributed by atoms with E-state index in [2.05, 4.69) is 15.4 Å². The SMILES string of the molecule is N/C=C(/C(=O)NCc1cn2ncc(C=O)cc2n1)N(N)CCC(F)(F)F. The van der Waals surface area contributed by atoms with Crippen molar-refractivity contribution in [3.05, 3.63) is 41.6 Å². The number of carbonyl (C=O) groups excluding carboxylic acids is 2. The lowest BCUT2D eigenvalue weighted by molar-refractivity contribution is -0.138. The minimum absolute atomic E-state index is 0.0386. The summed E-state index contributed by atoms with van der Waals surface area (Å²) in [4.78, 5) is 27.0. The van der Waals surface area contributed by atoms with Crippen LogP contribution in [0.5, 0.6) is 0 Å². The van der Waals surface area contributed by atoms with Crippen LogP contribution < -0.4 is 16.9 Å². The number of hydrogen-bond donors (Lipinski definition) is 3. The van der Waals surface area contributed by atoms with Gasteiger partial charge in [0.2, 0.25) is 0 Å². The van der Waals surface area contributed by atoms with Crippen molar-refractivity contribution in [1.82, 2.24) is 24.9 Å². The Morgan fingerprint density at radius 2 is 2.15 bits per heavy atom. The van der Waals surface area contributed by atoms with Gasteiger partial charge in [-0.2, -0.15) is 18.3 Å². The molecule has 2 aromatic heterocycles. The molecule has 140 valence electrons. The fraction of sp³-hybridized carbons (Fsp3) is 0.286. The van der Waals surface area contributed by atoms with Gasteiger partial charge in [-0.05, 0) is 6.07 Å². The summed E-state index contributed by atoms with van der Waals surface area (Å²) in [6.07, 6.45) is -1.26. The number of amides is 1. The Labute approximate surface area is 145 Å². The number of aromatic nitrogens is 3. The zero-order valence-electron chi connectivity index (χ0n) is 13.4. The molecule has 0 aromatic carbocycles. The molecule has 0 saturated carbocycles. The second kappa shape index (κ2) is 7.82. The molecule has 2 aromatic rings. The monoisotopic (exact) mass is 371 g/mol. The number of hydrogen-bond acceptors (Lipinski definition) is 7. The zero-order chi connectivity index (χ0) is 19.3. The predicted molar refractivity (Wildman–Crippen MR) is 84.1 cm³/mol. The van der Waals surface area contributed by atoms with Gasteiger partial charge in [0.15, 0.2) is 11.9 Å². The van der Waals surface area contributed by atoms with Crippen LogP contribution in [0.1, 0.15) is 22.5 Å². The predicted octanol–water partition coefficient (Wildman–Crippen LogP) is 0.0862. The summed E-state index contributed by atoms with van der Waals surface area (Å²) in [6.45, 7) is -0.657. The molecule has 12 heteroatoms. The summed E-state index contributed by atoms with van der Waals surface area (Å²) in [5.74, 6) is 4.71. The maximum atomic E-state index is 12.2. The Bertz CT molecular complexity index is 832. The minimum atomic E-state index is -4.41. The first-order chi connectivity index (χ1) is 12.2. The van der Waals surface area contributed by atoms with Crippen molar-refractivity contribution in [2.24, 2.45) is 11.6 Å². The van der Waals surface area contributed by atoms with Crippen molar-refractivity contribution in [3.8, 4) is 0 Å². The fourth-order valence-corrected chi connectivity index (χ4v) is 2.02. The first-order valence-corrected chi connectivity index (χ1v) is 7.32. The van der Waals surface area contributed by atoms with E-state index < -0.39 is 25.0 Å². The van der Waals surface area contributed by atoms with Gasteiger partial charge in [0.25, 0.3) is 5.91 Å². The number of aldehydes is 1. The van der Waals surface area contributed by atoms with Gasteiger partial charge in [-0.1, -0.05) is 0 Å². The van der Waals surface area contributed by atoms with E-state index in [1.165, 1.54) is 23.0 Å². The first kappa shape index (κ1) is 19.2. The van der Waals surface area contributed by atoms with Crippen LogP contribution in [0, 0.1) is 0 Å². The number of halogens is 3. The van der Waals surface area contributed by atoms with E-state index in [0.717, 1.165) is 6.20 Å². The molecule has 0 aliphatic rings. The van der Waals surface area contributed by atoms with Crippen LogP contribution in [0.25, 0.3) is 5.65 Å². The molecular formula is C14H16F3N7O2. The highest BCUT2D eigenvalue weighted by Crippen LogP contribution is 2.19. The Balaban J connectivity index is 1.99. The second-order valence-electron chi connectivity index (χ2n) is 5.23. The summed E-state index contributed by atoms with van der Waals surface area (Å²) in [5.41, 5.74) is 6.15. The average Bonchev–Trinajstić information content (AvgIpc) is 3.00. The van der Waals surface area contributed by atoms with Crippen molar-refractivity contribution >= 4 is 17.8 Å². The Kier molecular flexibility index (Phi) is 5.77. The summed E-state index contributed by atoms with van der Waals surface area (Å²) >= 11 is 0. The van der Waals surface area contributed by atoms with Crippen LogP contribution in [0.4, 0.5) is 13.2 Å². The van der Waals surface area contributed by atoms with E-state index in [4.69, 9.17) is 11.6 Å². The Morgan fingerprint density at radius 3 is 2.77 bits per heavy atom. The molecule has 2 rings (SSSR count). The molecule has 0 spiro atoms. The first-order valence-electron chi connectivity index (χ1n) is 7.32. The summed E-state index contributed by atoms with van der Waals surface area (Å²) in [6, 6.07) is 1.51. The van der Waals surface area contributed by atoms with E-state index in [1.807, 2.05) is 0 Å². The standard InChI is InChI=1S/C14H16F3N7O2/c15-14(16,17)1-2-23(19)11(4-18)13(26)20-6-10-7-24-12(22-10)3-9(8-25)5-21-24/h3-5,7-8H,1-2,6,18-19H2,(H,20,26)/b11-4-. The van der Waals surface area contributed by atoms with Gasteiger partial charge in [-0.25, -0.2) is 15.3 Å². The van der Waals surface area contributed by atoms with Crippen molar-refractivity contribution in [1.29, 1.82) is 0 Å². The maximum Gasteiger partial charge on any atom is 0.390 e. The number of nitrogens with zero attached hydrogens (tertiary/aromatic N) is 4. The number of carbonyl (C=O) groups is 2. The van der Waals surface area contributed by atoms with Crippen molar-refractivity contribution in [2.75, 3.05) is 6.54 Å². The van der Waals surface area contributed by atoms with Gasteiger partial charge in [0.05, 0.1) is 31.1 Å². The maximum absolute atomic E-state index is 12.2. The summed E-state index contributed by atoms with van der Waals surface area (Å²) in [5, 5.41) is 7.05. The number of imidazole rings is 1. The largest absolute Gasteiger partial charge is 0.403 e. The van der Waals surface area contributed by atoms with Gasteiger partial charge in [-0.15, -0.1) is 0 Å². The lowest BCUT2D eigenvalue weighted by Gasteiger charge is -2.21. The van der Waals surface area contributed by atoms with Gasteiger partial charge >= 0.3 is 6.18 Å². The number of nitrogens with two attached hydrogens (primary N) is 2. The number of nitrogens with one attached hydrogen (secondary N) is 1. The van der Waals surface area contributed by atoms with Gasteiger partial charge in [-0.3, -0.25) is 9.59 Å². The third-order valence-electron chi connectivity index (χ3n) is 3.29. The molecular weight excluding hydrogens is 355 g/mol. The van der Waals surface area contributed by atoms with Crippen LogP contribution in [-0.4, -0.2) is 44.5 Å². The molecule has 0 radical (unpaired) electrons. The van der Waals surface area contributed by atoms with Crippen LogP contribution in [0.3, 0.4) is 0 Å². The number of alkyl halides is 3. The lowest BCUT2D eigenvalue weighted by atomic mass is 10.3. The van der Waals surface area contributed by atoms with E-state index in [9.17, 15) is 22.8 Å². The number of rotatable bonds is 7. The van der Waals surface area contributed by atoms with E-state index in [1.54, 1.807) is 0 Å². The van der Waals surface area contributed by atoms with Crippen molar-refractivity contribution < 1.29 is 22.8 Å². The topological polar surface area (TPSA) is 132 Å². The van der Waals surface area contributed by atoms with Crippen molar-refractivity contribution in [2.45, 2.75) is 19.1 Å². The average molecular weight is 371 g/mol. The summed E-state index contributed by atoms with van der Waals surface area (Å²) < 4.78 is 38.1. The van der Waals surface area contributed by atoms with Gasteiger partial charge in [0.1, 0.15) is 5.70 Å². The van der Waals surface area contributed by atoms with Crippen LogP contribution in [0.15, 0.2) is 30.4 Å². The van der Waals surface area contributed by atoms with Crippen molar-refractivity contribution in [3.63, 3.8) is 0 Å². The Morgan fingerprint density at radius 1 is 1.42 bits per heavy atom. The highest BCUT2D eigenvalue weighted by Gasteiger charge is 2.28. The van der Waals surface area contributed by atoms with Gasteiger partial charge in [0, 0.05) is 18.3 Å². The molecule has 0 bridgehead atoms. The van der Waals surface area contributed by atoms with Crippen LogP contribution >= 0.6 is 0 Å². The minimum Gasteiger partial charge on any atom is -0.403 e. The van der Waals surface area contributed by atoms with E-state index >= 15 is 0 Å². The normalized spacial score (nSPS) is 12.2. The molecule has 2 heterocycles. The highest BCUT2D eigenvalue weighted by molar-refractivity contribution is 5.92. The molecule has 0 fully saturated rings. The summed E-state index contributed by atoms with van der Waals surface area (Å²) in [7, 11) is 0. The third-order valence-corrected chi connectivity index (χ3v) is 3.29. The molecule has 9 nitrogen and oxygen atoms in total. The van der Waals surface area contributed by atoms with Crippen LogP contribution in [0.2, 0.25) is 0 Å². The lowest BCUT2D eigenvalue weighted by Crippen LogP contribution is -2.41. The zero-order valence-corrected chi connectivity index (χ0v) is 13.4. The second-order valence-corrected chi connectivity index (χ2v) is 5.23. The van der Waals surface area contributed by atoms with E-state index in [0.29, 0.717) is 28.2 Å². The molecule has 0 unspecified atom stereocenters. The molecule has 1 amide bonds. The number of hydrazine groups is 1. The smallest absolute Gasteiger partial charge is 0.390 e. The molecule has 5 N–H and O–H groups in total. The number of fused-ring (bicyclic) bond motifs is 1. The molecule has 0 atom stereocenters. The highest BCUT2D eigenvalue weighted by atomic mass is 19.4. The fourth-order valence-electron chi connectivity index (χ4n) is 2.02. The van der Waals surface area contributed by atoms with Gasteiger partial charge < -0.3 is 16.1 Å². The van der Waals surface area contributed by atoms with E-state index in [-0.39, 0.29) is 12.2 Å². The molecule has 0 aliphatic carbocycles. The quantitative estimate of drug-likeness (QED) is 0.272. The molecule has 0 aliphatic heterocycles.